The Morgan fingerprint density at radius 1 is 0.917 bits per heavy atom. The van der Waals surface area contributed by atoms with Crippen LogP contribution in [0.2, 0.25) is 0 Å². The molecule has 1 saturated heterocycles. The lowest BCUT2D eigenvalue weighted by Crippen LogP contribution is -2.40. The van der Waals surface area contributed by atoms with Gasteiger partial charge in [-0.05, 0) is 66.9 Å². The molecule has 3 aromatic rings. The second-order valence-electron chi connectivity index (χ2n) is 9.07. The summed E-state index contributed by atoms with van der Waals surface area (Å²) >= 11 is 0. The zero-order chi connectivity index (χ0) is 25.4. The minimum atomic E-state index is -3.66. The van der Waals surface area contributed by atoms with Crippen molar-refractivity contribution < 1.29 is 17.9 Å². The molecule has 0 aliphatic carbocycles. The Kier molecular flexibility index (Phi) is 8.61. The summed E-state index contributed by atoms with van der Waals surface area (Å²) in [7, 11) is -3.66. The Labute approximate surface area is 213 Å². The van der Waals surface area contributed by atoms with Crippen LogP contribution < -0.4 is 14.4 Å². The van der Waals surface area contributed by atoms with Gasteiger partial charge in [-0.3, -0.25) is 14.0 Å². The maximum absolute atomic E-state index is 12.8. The van der Waals surface area contributed by atoms with Gasteiger partial charge in [0, 0.05) is 13.1 Å². The summed E-state index contributed by atoms with van der Waals surface area (Å²) in [5.74, 6) is 0.260. The molecule has 1 fully saturated rings. The van der Waals surface area contributed by atoms with Gasteiger partial charge in [0.2, 0.25) is 15.9 Å². The highest BCUT2D eigenvalue weighted by atomic mass is 32.2. The number of carbonyl (C=O) groups excluding carboxylic acids is 1. The standard InChI is InChI=1S/C28H33N3O4S/c1-36(33,34)31(26-13-15-27(16-14-26)35-22-23-9-3-2-4-10-23)21-28(32)29-19-24-11-5-6-12-25(24)20-30-17-7-8-18-30/h2-6,9-16H,7-8,17-22H2,1H3,(H,29,32). The molecule has 1 heterocycles. The first-order valence-electron chi connectivity index (χ1n) is 12.2. The quantitative estimate of drug-likeness (QED) is 0.425. The number of nitrogens with zero attached hydrogens (tertiary/aromatic N) is 2. The third-order valence-electron chi connectivity index (χ3n) is 6.25. The summed E-state index contributed by atoms with van der Waals surface area (Å²) in [4.78, 5) is 15.2. The molecule has 190 valence electrons. The molecule has 8 heteroatoms. The molecule has 0 radical (unpaired) electrons. The summed E-state index contributed by atoms with van der Waals surface area (Å²) in [5, 5.41) is 2.90. The summed E-state index contributed by atoms with van der Waals surface area (Å²) in [6.45, 7) is 3.53. The highest BCUT2D eigenvalue weighted by molar-refractivity contribution is 7.92. The van der Waals surface area contributed by atoms with Gasteiger partial charge < -0.3 is 10.1 Å². The summed E-state index contributed by atoms with van der Waals surface area (Å²) in [6.07, 6.45) is 3.55. The van der Waals surface area contributed by atoms with Gasteiger partial charge in [0.05, 0.1) is 11.9 Å². The van der Waals surface area contributed by atoms with E-state index < -0.39 is 10.0 Å². The normalized spacial score (nSPS) is 13.9. The summed E-state index contributed by atoms with van der Waals surface area (Å²) in [6, 6.07) is 24.6. The summed E-state index contributed by atoms with van der Waals surface area (Å²) < 4.78 is 31.9. The van der Waals surface area contributed by atoms with Gasteiger partial charge in [-0.2, -0.15) is 0 Å². The van der Waals surface area contributed by atoms with Gasteiger partial charge >= 0.3 is 0 Å². The van der Waals surface area contributed by atoms with Crippen molar-refractivity contribution in [3.05, 3.63) is 95.6 Å². The molecule has 0 saturated carbocycles. The number of benzene rings is 3. The third-order valence-corrected chi connectivity index (χ3v) is 7.39. The van der Waals surface area contributed by atoms with Crippen molar-refractivity contribution in [2.45, 2.75) is 32.5 Å². The SMILES string of the molecule is CS(=O)(=O)N(CC(=O)NCc1ccccc1CN1CCCC1)c1ccc(OCc2ccccc2)cc1. The fourth-order valence-corrected chi connectivity index (χ4v) is 5.15. The van der Waals surface area contributed by atoms with Crippen molar-refractivity contribution in [2.75, 3.05) is 30.2 Å². The molecule has 7 nitrogen and oxygen atoms in total. The number of anilines is 1. The number of hydrogen-bond donors (Lipinski definition) is 1. The molecule has 1 aliphatic heterocycles. The smallest absolute Gasteiger partial charge is 0.241 e. The van der Waals surface area contributed by atoms with Crippen molar-refractivity contribution in [2.24, 2.45) is 0 Å². The molecular weight excluding hydrogens is 474 g/mol. The molecule has 1 N–H and O–H groups in total. The first-order chi connectivity index (χ1) is 17.4. The lowest BCUT2D eigenvalue weighted by molar-refractivity contribution is -0.119. The van der Waals surface area contributed by atoms with Crippen molar-refractivity contribution in [1.29, 1.82) is 0 Å². The molecule has 0 aromatic heterocycles. The van der Waals surface area contributed by atoms with Crippen molar-refractivity contribution in [1.82, 2.24) is 10.2 Å². The van der Waals surface area contributed by atoms with E-state index in [2.05, 4.69) is 16.3 Å². The Balaban J connectivity index is 1.36. The van der Waals surface area contributed by atoms with Crippen LogP contribution in [0.25, 0.3) is 0 Å². The van der Waals surface area contributed by atoms with Gasteiger partial charge in [0.1, 0.15) is 18.9 Å². The maximum Gasteiger partial charge on any atom is 0.241 e. The van der Waals surface area contributed by atoms with Crippen molar-refractivity contribution >= 4 is 21.6 Å². The van der Waals surface area contributed by atoms with Crippen LogP contribution in [0.3, 0.4) is 0 Å². The predicted octanol–water partition coefficient (Wildman–Crippen LogP) is 3.94. The molecule has 0 unspecified atom stereocenters. The second kappa shape index (κ2) is 12.1. The van der Waals surface area contributed by atoms with Gasteiger partial charge in [0.25, 0.3) is 0 Å². The number of ether oxygens (including phenoxy) is 1. The number of nitrogens with one attached hydrogen (secondary N) is 1. The van der Waals surface area contributed by atoms with E-state index in [0.717, 1.165) is 41.3 Å². The van der Waals surface area contributed by atoms with Crippen LogP contribution in [0.5, 0.6) is 5.75 Å². The first kappa shape index (κ1) is 25.7. The summed E-state index contributed by atoms with van der Waals surface area (Å²) in [5.41, 5.74) is 3.68. The van der Waals surface area contributed by atoms with Crippen molar-refractivity contribution in [3.63, 3.8) is 0 Å². The van der Waals surface area contributed by atoms with Crippen LogP contribution >= 0.6 is 0 Å². The molecule has 0 bridgehead atoms. The number of hydrogen-bond acceptors (Lipinski definition) is 5. The Morgan fingerprint density at radius 3 is 2.22 bits per heavy atom. The van der Waals surface area contributed by atoms with E-state index in [9.17, 15) is 13.2 Å². The van der Waals surface area contributed by atoms with Crippen molar-refractivity contribution in [3.8, 4) is 5.75 Å². The zero-order valence-corrected chi connectivity index (χ0v) is 21.4. The lowest BCUT2D eigenvalue weighted by atomic mass is 10.1. The van der Waals surface area contributed by atoms with Crippen LogP contribution in [-0.2, 0) is 34.5 Å². The predicted molar refractivity (Wildman–Crippen MR) is 142 cm³/mol. The van der Waals surface area contributed by atoms with Crippen LogP contribution in [0.1, 0.15) is 29.5 Å². The van der Waals surface area contributed by atoms with E-state index in [1.165, 1.54) is 18.4 Å². The average molecular weight is 508 g/mol. The number of rotatable bonds is 11. The van der Waals surface area contributed by atoms with Gasteiger partial charge in [-0.15, -0.1) is 0 Å². The van der Waals surface area contributed by atoms with Gasteiger partial charge in [0.15, 0.2) is 0 Å². The highest BCUT2D eigenvalue weighted by Crippen LogP contribution is 2.22. The van der Waals surface area contributed by atoms with E-state index >= 15 is 0 Å². The number of sulfonamides is 1. The van der Waals surface area contributed by atoms with Crippen LogP contribution in [0.15, 0.2) is 78.9 Å². The largest absolute Gasteiger partial charge is 0.489 e. The van der Waals surface area contributed by atoms with Gasteiger partial charge in [-0.25, -0.2) is 8.42 Å². The van der Waals surface area contributed by atoms with E-state index in [4.69, 9.17) is 4.74 Å². The zero-order valence-electron chi connectivity index (χ0n) is 20.6. The number of amides is 1. The fraction of sp³-hybridized carbons (Fsp3) is 0.321. The topological polar surface area (TPSA) is 79.0 Å². The van der Waals surface area contributed by atoms with E-state index in [1.807, 2.05) is 48.5 Å². The minimum absolute atomic E-state index is 0.294. The molecule has 1 aliphatic rings. The Bertz CT molecular complexity index is 1240. The highest BCUT2D eigenvalue weighted by Gasteiger charge is 2.21. The third kappa shape index (κ3) is 7.32. The molecule has 4 rings (SSSR count). The molecule has 36 heavy (non-hydrogen) atoms. The van der Waals surface area contributed by atoms with Gasteiger partial charge in [-0.1, -0.05) is 54.6 Å². The van der Waals surface area contributed by atoms with E-state index in [1.54, 1.807) is 24.3 Å². The number of carbonyl (C=O) groups is 1. The molecular formula is C28H33N3O4S. The second-order valence-corrected chi connectivity index (χ2v) is 11.0. The Morgan fingerprint density at radius 2 is 1.56 bits per heavy atom. The minimum Gasteiger partial charge on any atom is -0.489 e. The fourth-order valence-electron chi connectivity index (χ4n) is 4.30. The van der Waals surface area contributed by atoms with Crippen LogP contribution in [0, 0.1) is 0 Å². The van der Waals surface area contributed by atoms with Crippen LogP contribution in [0.4, 0.5) is 5.69 Å². The average Bonchev–Trinajstić information content (AvgIpc) is 3.39. The van der Waals surface area contributed by atoms with E-state index in [-0.39, 0.29) is 12.5 Å². The van der Waals surface area contributed by atoms with Crippen LogP contribution in [-0.4, -0.2) is 45.1 Å². The number of likely N-dealkylation sites (tertiary alicyclic amines) is 1. The molecule has 1 amide bonds. The Hall–Kier alpha value is -3.36. The monoisotopic (exact) mass is 507 g/mol. The molecule has 0 atom stereocenters. The lowest BCUT2D eigenvalue weighted by Gasteiger charge is -2.22. The molecule has 0 spiro atoms. The van der Waals surface area contributed by atoms with E-state index in [0.29, 0.717) is 24.6 Å². The molecule has 3 aromatic carbocycles. The maximum atomic E-state index is 12.8. The first-order valence-corrected chi connectivity index (χ1v) is 14.0.